The van der Waals surface area contributed by atoms with Gasteiger partial charge in [0.2, 0.25) is 11.8 Å². The summed E-state index contributed by atoms with van der Waals surface area (Å²) in [5, 5.41) is 5.20. The van der Waals surface area contributed by atoms with Crippen LogP contribution in [0.1, 0.15) is 4.88 Å². The van der Waals surface area contributed by atoms with Gasteiger partial charge in [-0.1, -0.05) is 6.07 Å². The Bertz CT molecular complexity index is 458. The number of nitrogen functional groups attached to an aromatic ring is 1. The first kappa shape index (κ1) is 10.7. The van der Waals surface area contributed by atoms with E-state index in [1.165, 1.54) is 4.88 Å². The van der Waals surface area contributed by atoms with Crippen LogP contribution in [0.15, 0.2) is 23.6 Å². The standard InChI is InChI=1S/C10H12N4OS/c1-15-9-5-8(13-10(11)14-9)12-6-7-3-2-4-16-7/h2-5H,6H2,1H3,(H3,11,12,13,14). The molecule has 2 aromatic rings. The van der Waals surface area contributed by atoms with Gasteiger partial charge in [0.25, 0.3) is 0 Å². The highest BCUT2D eigenvalue weighted by Crippen LogP contribution is 2.16. The summed E-state index contributed by atoms with van der Waals surface area (Å²) >= 11 is 1.69. The SMILES string of the molecule is COc1cc(NCc2cccs2)nc(N)n1. The zero-order valence-corrected chi connectivity index (χ0v) is 9.62. The van der Waals surface area contributed by atoms with Gasteiger partial charge in [0.1, 0.15) is 5.82 Å². The lowest BCUT2D eigenvalue weighted by Gasteiger charge is -2.06. The summed E-state index contributed by atoms with van der Waals surface area (Å²) in [6.45, 7) is 0.720. The quantitative estimate of drug-likeness (QED) is 0.846. The normalized spacial score (nSPS) is 10.1. The molecule has 0 fully saturated rings. The topological polar surface area (TPSA) is 73.1 Å². The van der Waals surface area contributed by atoms with E-state index in [-0.39, 0.29) is 5.95 Å². The minimum absolute atomic E-state index is 0.202. The lowest BCUT2D eigenvalue weighted by molar-refractivity contribution is 0.398. The van der Waals surface area contributed by atoms with Crippen molar-refractivity contribution >= 4 is 23.1 Å². The van der Waals surface area contributed by atoms with Gasteiger partial charge >= 0.3 is 0 Å². The number of ether oxygens (including phenoxy) is 1. The summed E-state index contributed by atoms with van der Waals surface area (Å²) in [7, 11) is 1.55. The van der Waals surface area contributed by atoms with Crippen LogP contribution in [0.3, 0.4) is 0 Å². The van der Waals surface area contributed by atoms with E-state index < -0.39 is 0 Å². The zero-order valence-electron chi connectivity index (χ0n) is 8.80. The third kappa shape index (κ3) is 2.60. The van der Waals surface area contributed by atoms with Gasteiger partial charge in [-0.15, -0.1) is 11.3 Å². The van der Waals surface area contributed by atoms with E-state index in [9.17, 15) is 0 Å². The molecule has 2 aromatic heterocycles. The largest absolute Gasteiger partial charge is 0.481 e. The van der Waals surface area contributed by atoms with Crippen molar-refractivity contribution in [1.29, 1.82) is 0 Å². The molecule has 0 spiro atoms. The predicted octanol–water partition coefficient (Wildman–Crippen LogP) is 1.74. The lowest BCUT2D eigenvalue weighted by Crippen LogP contribution is -2.04. The molecule has 3 N–H and O–H groups in total. The van der Waals surface area contributed by atoms with Gasteiger partial charge in [-0.2, -0.15) is 9.97 Å². The van der Waals surface area contributed by atoms with Crippen molar-refractivity contribution in [3.8, 4) is 5.88 Å². The van der Waals surface area contributed by atoms with E-state index in [0.29, 0.717) is 11.7 Å². The minimum Gasteiger partial charge on any atom is -0.481 e. The predicted molar refractivity (Wildman–Crippen MR) is 64.6 cm³/mol. The Morgan fingerprint density at radius 2 is 2.38 bits per heavy atom. The van der Waals surface area contributed by atoms with Crippen molar-refractivity contribution in [3.05, 3.63) is 28.5 Å². The molecule has 84 valence electrons. The first-order valence-electron chi connectivity index (χ1n) is 4.73. The van der Waals surface area contributed by atoms with Gasteiger partial charge in [-0.05, 0) is 11.4 Å². The number of nitrogens with zero attached hydrogens (tertiary/aromatic N) is 2. The van der Waals surface area contributed by atoms with Gasteiger partial charge in [-0.3, -0.25) is 0 Å². The molecular formula is C10H12N4OS. The van der Waals surface area contributed by atoms with Crippen LogP contribution < -0.4 is 15.8 Å². The molecule has 16 heavy (non-hydrogen) atoms. The molecule has 6 heteroatoms. The number of thiophene rings is 1. The summed E-state index contributed by atoms with van der Waals surface area (Å²) in [6, 6.07) is 5.78. The van der Waals surface area contributed by atoms with Crippen LogP contribution in [-0.4, -0.2) is 17.1 Å². The second-order valence-electron chi connectivity index (χ2n) is 3.09. The highest BCUT2D eigenvalue weighted by Gasteiger charge is 2.02. The highest BCUT2D eigenvalue weighted by atomic mass is 32.1. The van der Waals surface area contributed by atoms with E-state index in [1.807, 2.05) is 11.4 Å². The molecule has 0 aliphatic carbocycles. The molecule has 2 heterocycles. The summed E-state index contributed by atoms with van der Waals surface area (Å²) in [4.78, 5) is 9.20. The molecule has 0 aromatic carbocycles. The third-order valence-electron chi connectivity index (χ3n) is 1.95. The molecule has 0 aliphatic heterocycles. The third-order valence-corrected chi connectivity index (χ3v) is 2.83. The number of hydrogen-bond acceptors (Lipinski definition) is 6. The minimum atomic E-state index is 0.202. The van der Waals surface area contributed by atoms with Gasteiger partial charge < -0.3 is 15.8 Å². The monoisotopic (exact) mass is 236 g/mol. The van der Waals surface area contributed by atoms with Gasteiger partial charge in [0.15, 0.2) is 0 Å². The zero-order chi connectivity index (χ0) is 11.4. The van der Waals surface area contributed by atoms with Crippen LogP contribution in [0.2, 0.25) is 0 Å². The molecule has 0 aliphatic rings. The first-order valence-corrected chi connectivity index (χ1v) is 5.60. The van der Waals surface area contributed by atoms with E-state index in [4.69, 9.17) is 10.5 Å². The average molecular weight is 236 g/mol. The number of rotatable bonds is 4. The van der Waals surface area contributed by atoms with Crippen molar-refractivity contribution in [3.63, 3.8) is 0 Å². The number of nitrogens with one attached hydrogen (secondary N) is 1. The second kappa shape index (κ2) is 4.80. The fourth-order valence-corrected chi connectivity index (χ4v) is 1.87. The number of anilines is 2. The lowest BCUT2D eigenvalue weighted by atomic mass is 10.4. The molecule has 5 nitrogen and oxygen atoms in total. The molecule has 0 bridgehead atoms. The van der Waals surface area contributed by atoms with Crippen LogP contribution >= 0.6 is 11.3 Å². The van der Waals surface area contributed by atoms with Crippen LogP contribution in [-0.2, 0) is 6.54 Å². The first-order chi connectivity index (χ1) is 7.78. The van der Waals surface area contributed by atoms with Gasteiger partial charge in [0, 0.05) is 10.9 Å². The van der Waals surface area contributed by atoms with Crippen molar-refractivity contribution in [2.24, 2.45) is 0 Å². The summed E-state index contributed by atoms with van der Waals surface area (Å²) in [5.41, 5.74) is 5.54. The van der Waals surface area contributed by atoms with Crippen LogP contribution in [0.5, 0.6) is 5.88 Å². The molecule has 2 rings (SSSR count). The fraction of sp³-hybridized carbons (Fsp3) is 0.200. The number of hydrogen-bond donors (Lipinski definition) is 2. The number of aromatic nitrogens is 2. The van der Waals surface area contributed by atoms with Crippen molar-refractivity contribution in [1.82, 2.24) is 9.97 Å². The maximum Gasteiger partial charge on any atom is 0.225 e. The maximum atomic E-state index is 5.54. The number of nitrogens with two attached hydrogens (primary N) is 1. The molecule has 0 unspecified atom stereocenters. The molecule has 0 saturated heterocycles. The van der Waals surface area contributed by atoms with E-state index in [1.54, 1.807) is 24.5 Å². The van der Waals surface area contributed by atoms with Crippen LogP contribution in [0.25, 0.3) is 0 Å². The summed E-state index contributed by atoms with van der Waals surface area (Å²) in [6.07, 6.45) is 0. The Labute approximate surface area is 97.3 Å². The summed E-state index contributed by atoms with van der Waals surface area (Å²) < 4.78 is 5.00. The van der Waals surface area contributed by atoms with E-state index in [2.05, 4.69) is 21.4 Å². The van der Waals surface area contributed by atoms with Gasteiger partial charge in [-0.25, -0.2) is 0 Å². The smallest absolute Gasteiger partial charge is 0.225 e. The second-order valence-corrected chi connectivity index (χ2v) is 4.12. The van der Waals surface area contributed by atoms with Crippen LogP contribution in [0.4, 0.5) is 11.8 Å². The van der Waals surface area contributed by atoms with Crippen molar-refractivity contribution in [2.75, 3.05) is 18.2 Å². The van der Waals surface area contributed by atoms with Gasteiger partial charge in [0.05, 0.1) is 13.7 Å². The number of methoxy groups -OCH3 is 1. The Kier molecular flexibility index (Phi) is 3.21. The fourth-order valence-electron chi connectivity index (χ4n) is 1.23. The average Bonchev–Trinajstić information content (AvgIpc) is 2.78. The Hall–Kier alpha value is -1.82. The molecule has 0 atom stereocenters. The van der Waals surface area contributed by atoms with E-state index in [0.717, 1.165) is 6.54 Å². The van der Waals surface area contributed by atoms with Crippen LogP contribution in [0, 0.1) is 0 Å². The van der Waals surface area contributed by atoms with E-state index >= 15 is 0 Å². The summed E-state index contributed by atoms with van der Waals surface area (Å²) in [5.74, 6) is 1.33. The maximum absolute atomic E-state index is 5.54. The molecular weight excluding hydrogens is 224 g/mol. The molecule has 0 amide bonds. The molecule has 0 saturated carbocycles. The molecule has 0 radical (unpaired) electrons. The Morgan fingerprint density at radius 1 is 1.50 bits per heavy atom. The van der Waals surface area contributed by atoms with Crippen molar-refractivity contribution < 1.29 is 4.74 Å². The Morgan fingerprint density at radius 3 is 3.06 bits per heavy atom. The van der Waals surface area contributed by atoms with Crippen molar-refractivity contribution in [2.45, 2.75) is 6.54 Å². The highest BCUT2D eigenvalue weighted by molar-refractivity contribution is 7.09. The Balaban J connectivity index is 2.06.